The molecule has 0 aliphatic heterocycles. The van der Waals surface area contributed by atoms with Crippen molar-refractivity contribution in [3.63, 3.8) is 0 Å². The maximum Gasteiger partial charge on any atom is 0.343 e. The van der Waals surface area contributed by atoms with E-state index in [1.807, 2.05) is 0 Å². The monoisotopic (exact) mass is 378 g/mol. The lowest BCUT2D eigenvalue weighted by Crippen LogP contribution is -2.30. The third-order valence-corrected chi connectivity index (χ3v) is 5.00. The van der Waals surface area contributed by atoms with Crippen LogP contribution in [0.25, 0.3) is 0 Å². The molecular weight excluding hydrogens is 360 g/mol. The summed E-state index contributed by atoms with van der Waals surface area (Å²) in [6, 6.07) is 9.08. The zero-order valence-corrected chi connectivity index (χ0v) is 15.2. The van der Waals surface area contributed by atoms with E-state index in [0.29, 0.717) is 5.56 Å². The van der Waals surface area contributed by atoms with E-state index in [1.165, 1.54) is 49.4 Å². The maximum atomic E-state index is 12.3. The van der Waals surface area contributed by atoms with Gasteiger partial charge in [-0.1, -0.05) is 6.07 Å². The molecule has 0 atom stereocenters. The fourth-order valence-electron chi connectivity index (χ4n) is 2.23. The van der Waals surface area contributed by atoms with E-state index in [2.05, 4.69) is 4.72 Å². The molecule has 0 heterocycles. The van der Waals surface area contributed by atoms with Crippen molar-refractivity contribution < 1.29 is 22.9 Å². The maximum absolute atomic E-state index is 12.3. The first-order valence-electron chi connectivity index (χ1n) is 7.70. The van der Waals surface area contributed by atoms with Gasteiger partial charge in [0.1, 0.15) is 5.75 Å². The van der Waals surface area contributed by atoms with E-state index in [0.717, 1.165) is 0 Å². The van der Waals surface area contributed by atoms with Crippen LogP contribution < -0.4 is 9.46 Å². The molecule has 0 amide bonds. The molecule has 0 saturated heterocycles. The van der Waals surface area contributed by atoms with Crippen molar-refractivity contribution >= 4 is 21.7 Å². The normalized spacial score (nSPS) is 11.4. The van der Waals surface area contributed by atoms with Crippen LogP contribution >= 0.6 is 0 Å². The van der Waals surface area contributed by atoms with Crippen LogP contribution in [0.5, 0.6) is 5.75 Å². The van der Waals surface area contributed by atoms with Gasteiger partial charge >= 0.3 is 5.97 Å². The number of esters is 1. The zero-order chi connectivity index (χ0) is 19.5. The Balaban J connectivity index is 2.24. The third kappa shape index (κ3) is 4.64. The molecular formula is C17H18N2O6S. The van der Waals surface area contributed by atoms with E-state index in [-0.39, 0.29) is 27.9 Å². The number of nitro groups is 1. The Kier molecular flexibility index (Phi) is 5.73. The molecule has 26 heavy (non-hydrogen) atoms. The molecule has 1 N–H and O–H groups in total. The molecule has 138 valence electrons. The summed E-state index contributed by atoms with van der Waals surface area (Å²) in [5.74, 6) is -0.633. The van der Waals surface area contributed by atoms with Crippen LogP contribution in [0, 0.1) is 17.0 Å². The second-order valence-corrected chi connectivity index (χ2v) is 7.61. The van der Waals surface area contributed by atoms with Crippen molar-refractivity contribution in [1.82, 2.24) is 4.72 Å². The van der Waals surface area contributed by atoms with Crippen LogP contribution in [0.2, 0.25) is 0 Å². The van der Waals surface area contributed by atoms with Crippen LogP contribution in [-0.2, 0) is 10.0 Å². The SMILES string of the molecule is Cc1cc(OC(=O)c2cccc(S(=O)(=O)NC(C)C)c2)ccc1[N+](=O)[O-]. The average molecular weight is 378 g/mol. The zero-order valence-electron chi connectivity index (χ0n) is 14.4. The second-order valence-electron chi connectivity index (χ2n) is 5.90. The molecule has 0 fully saturated rings. The van der Waals surface area contributed by atoms with E-state index >= 15 is 0 Å². The van der Waals surface area contributed by atoms with Gasteiger partial charge in [-0.2, -0.15) is 0 Å². The summed E-state index contributed by atoms with van der Waals surface area (Å²) < 4.78 is 32.0. The van der Waals surface area contributed by atoms with Gasteiger partial charge in [-0.25, -0.2) is 17.9 Å². The second kappa shape index (κ2) is 7.63. The Morgan fingerprint density at radius 2 is 1.88 bits per heavy atom. The van der Waals surface area contributed by atoms with Crippen LogP contribution in [0.15, 0.2) is 47.4 Å². The van der Waals surface area contributed by atoms with Crippen molar-refractivity contribution in [2.24, 2.45) is 0 Å². The summed E-state index contributed by atoms with van der Waals surface area (Å²) in [6.45, 7) is 4.90. The molecule has 2 rings (SSSR count). The minimum absolute atomic E-state index is 0.0487. The first kappa shape index (κ1) is 19.5. The quantitative estimate of drug-likeness (QED) is 0.358. The minimum atomic E-state index is -3.74. The number of nitrogens with zero attached hydrogens (tertiary/aromatic N) is 1. The lowest BCUT2D eigenvalue weighted by atomic mass is 10.2. The molecule has 0 aliphatic carbocycles. The Morgan fingerprint density at radius 3 is 2.46 bits per heavy atom. The number of sulfonamides is 1. The van der Waals surface area contributed by atoms with Crippen molar-refractivity contribution in [2.45, 2.75) is 31.7 Å². The highest BCUT2D eigenvalue weighted by Gasteiger charge is 2.19. The number of hydrogen-bond donors (Lipinski definition) is 1. The van der Waals surface area contributed by atoms with Gasteiger partial charge in [0.05, 0.1) is 15.4 Å². The highest BCUT2D eigenvalue weighted by molar-refractivity contribution is 7.89. The van der Waals surface area contributed by atoms with E-state index in [9.17, 15) is 23.3 Å². The molecule has 0 spiro atoms. The molecule has 0 radical (unpaired) electrons. The van der Waals surface area contributed by atoms with Gasteiger partial charge < -0.3 is 4.74 Å². The molecule has 0 bridgehead atoms. The third-order valence-electron chi connectivity index (χ3n) is 3.35. The van der Waals surface area contributed by atoms with Gasteiger partial charge in [-0.15, -0.1) is 0 Å². The predicted molar refractivity (Wildman–Crippen MR) is 94.7 cm³/mol. The summed E-state index contributed by atoms with van der Waals surface area (Å²) in [5, 5.41) is 10.8. The number of hydrogen-bond acceptors (Lipinski definition) is 6. The van der Waals surface area contributed by atoms with Gasteiger partial charge in [-0.3, -0.25) is 10.1 Å². The highest BCUT2D eigenvalue weighted by atomic mass is 32.2. The van der Waals surface area contributed by atoms with E-state index < -0.39 is 20.9 Å². The molecule has 0 unspecified atom stereocenters. The van der Waals surface area contributed by atoms with Gasteiger partial charge in [0.15, 0.2) is 0 Å². The molecule has 9 heteroatoms. The summed E-state index contributed by atoms with van der Waals surface area (Å²) in [7, 11) is -3.74. The Bertz CT molecular complexity index is 953. The number of benzene rings is 2. The lowest BCUT2D eigenvalue weighted by molar-refractivity contribution is -0.385. The first-order valence-corrected chi connectivity index (χ1v) is 9.18. The largest absolute Gasteiger partial charge is 0.423 e. The number of carbonyl (C=O) groups is 1. The van der Waals surface area contributed by atoms with Gasteiger partial charge in [0, 0.05) is 17.7 Å². The molecule has 0 aliphatic rings. The summed E-state index contributed by atoms with van der Waals surface area (Å²) in [5.41, 5.74) is 0.308. The lowest BCUT2D eigenvalue weighted by Gasteiger charge is -2.10. The van der Waals surface area contributed by atoms with Crippen molar-refractivity contribution in [3.05, 3.63) is 63.7 Å². The number of aryl methyl sites for hydroxylation is 1. The molecule has 2 aromatic carbocycles. The van der Waals surface area contributed by atoms with Crippen molar-refractivity contribution in [3.8, 4) is 5.75 Å². The Morgan fingerprint density at radius 1 is 1.19 bits per heavy atom. The highest BCUT2D eigenvalue weighted by Crippen LogP contribution is 2.24. The van der Waals surface area contributed by atoms with Crippen LogP contribution in [0.1, 0.15) is 29.8 Å². The fraction of sp³-hybridized carbons (Fsp3) is 0.235. The van der Waals surface area contributed by atoms with Crippen molar-refractivity contribution in [1.29, 1.82) is 0 Å². The van der Waals surface area contributed by atoms with Gasteiger partial charge in [-0.05, 0) is 51.1 Å². The summed E-state index contributed by atoms with van der Waals surface area (Å²) in [6.07, 6.45) is 0. The standard InChI is InChI=1S/C17H18N2O6S/c1-11(2)18-26(23,24)15-6-4-5-13(10-15)17(20)25-14-7-8-16(19(21)22)12(3)9-14/h4-11,18H,1-3H3. The first-order chi connectivity index (χ1) is 12.1. The Hall–Kier alpha value is -2.78. The van der Waals surface area contributed by atoms with Crippen LogP contribution in [0.4, 0.5) is 5.69 Å². The molecule has 0 aromatic heterocycles. The topological polar surface area (TPSA) is 116 Å². The smallest absolute Gasteiger partial charge is 0.343 e. The number of ether oxygens (including phenoxy) is 1. The predicted octanol–water partition coefficient (Wildman–Crippen LogP) is 2.81. The molecule has 2 aromatic rings. The number of rotatable bonds is 6. The molecule has 8 nitrogen and oxygen atoms in total. The fourth-order valence-corrected chi connectivity index (χ4v) is 3.53. The number of carbonyl (C=O) groups excluding carboxylic acids is 1. The minimum Gasteiger partial charge on any atom is -0.423 e. The number of nitrogens with one attached hydrogen (secondary N) is 1. The average Bonchev–Trinajstić information content (AvgIpc) is 2.53. The Labute approximate surface area is 151 Å². The van der Waals surface area contributed by atoms with E-state index in [1.54, 1.807) is 13.8 Å². The van der Waals surface area contributed by atoms with E-state index in [4.69, 9.17) is 4.74 Å². The number of nitro benzene ring substituents is 1. The van der Waals surface area contributed by atoms with Crippen molar-refractivity contribution in [2.75, 3.05) is 0 Å². The van der Waals surface area contributed by atoms with Crippen LogP contribution in [0.3, 0.4) is 0 Å². The van der Waals surface area contributed by atoms with Gasteiger partial charge in [0.2, 0.25) is 10.0 Å². The van der Waals surface area contributed by atoms with Crippen LogP contribution in [-0.4, -0.2) is 25.4 Å². The van der Waals surface area contributed by atoms with Gasteiger partial charge in [0.25, 0.3) is 5.69 Å². The summed E-state index contributed by atoms with van der Waals surface area (Å²) >= 11 is 0. The molecule has 0 saturated carbocycles. The summed E-state index contributed by atoms with van der Waals surface area (Å²) in [4.78, 5) is 22.5.